The Morgan fingerprint density at radius 2 is 0.909 bits per heavy atom. The second kappa shape index (κ2) is 12.3. The molecule has 0 amide bonds. The van der Waals surface area contributed by atoms with E-state index in [1.807, 2.05) is 12.1 Å². The zero-order chi connectivity index (χ0) is 23.7. The third-order valence-corrected chi connectivity index (χ3v) is 9.47. The molecule has 0 saturated carbocycles. The monoisotopic (exact) mass is 574 g/mol. The van der Waals surface area contributed by atoms with Crippen LogP contribution in [0.15, 0.2) is 115 Å². The first kappa shape index (κ1) is 26.1. The molecule has 7 heteroatoms. The first-order chi connectivity index (χ1) is 15.8. The van der Waals surface area contributed by atoms with Crippen LogP contribution in [0.25, 0.3) is 0 Å². The number of rotatable bonds is 5. The van der Waals surface area contributed by atoms with E-state index in [9.17, 15) is 0 Å². The van der Waals surface area contributed by atoms with E-state index in [-0.39, 0.29) is 0 Å². The molecule has 171 valence electrons. The quantitative estimate of drug-likeness (QED) is 0.176. The van der Waals surface area contributed by atoms with Crippen LogP contribution in [0.5, 0.6) is 0 Å². The zero-order valence-electron chi connectivity index (χ0n) is 17.4. The molecule has 0 aliphatic rings. The van der Waals surface area contributed by atoms with Gasteiger partial charge in [0.15, 0.2) is 0 Å². The third kappa shape index (κ3) is 7.48. The molecule has 4 rings (SSSR count). The number of halogens is 4. The summed E-state index contributed by atoms with van der Waals surface area (Å²) in [6.07, 6.45) is 0.927. The SMILES string of the molecule is N#Cc1ccc(C[P+](c2ccccc2)(c2ccccc2)c2ccccc2)cc1.[Cl][Fe-]([Cl])([Cl])[Cl]. The standard InChI is InChI=1S/C26H21NP.4ClH.Fe/c27-20-22-16-18-23(19-17-22)21-28(24-10-4-1-5-11-24,25-12-6-2-7-13-25)26-14-8-3-9-15-26;;;;;/h1-19H,21H2;4*1H;/q+1;;;;;+3/p-4. The molecule has 0 fully saturated rings. The van der Waals surface area contributed by atoms with Crippen LogP contribution >= 0.6 is 47.7 Å². The molecular formula is C26H21Cl4FeNP. The Bertz CT molecular complexity index is 1070. The Labute approximate surface area is 215 Å². The number of hydrogen-bond donors (Lipinski definition) is 0. The van der Waals surface area contributed by atoms with Crippen molar-refractivity contribution in [3.05, 3.63) is 126 Å². The van der Waals surface area contributed by atoms with E-state index < -0.39 is 16.5 Å². The van der Waals surface area contributed by atoms with Crippen LogP contribution in [0.2, 0.25) is 0 Å². The molecule has 0 saturated heterocycles. The van der Waals surface area contributed by atoms with Gasteiger partial charge in [0.1, 0.15) is 23.2 Å². The second-order valence-electron chi connectivity index (χ2n) is 7.09. The minimum atomic E-state index is -2.61. The third-order valence-electron chi connectivity index (χ3n) is 5.09. The molecule has 0 radical (unpaired) electrons. The van der Waals surface area contributed by atoms with Gasteiger partial charge in [0.2, 0.25) is 0 Å². The van der Waals surface area contributed by atoms with Crippen molar-refractivity contribution < 1.29 is 9.20 Å². The first-order valence-electron chi connectivity index (χ1n) is 9.90. The molecule has 0 atom stereocenters. The van der Waals surface area contributed by atoms with E-state index in [0.717, 1.165) is 6.16 Å². The van der Waals surface area contributed by atoms with Gasteiger partial charge in [-0.1, -0.05) is 66.7 Å². The molecule has 0 heterocycles. The van der Waals surface area contributed by atoms with Gasteiger partial charge in [-0.15, -0.1) is 0 Å². The summed E-state index contributed by atoms with van der Waals surface area (Å²) in [6.45, 7) is 0. The fourth-order valence-corrected chi connectivity index (χ4v) is 7.97. The molecule has 0 bridgehead atoms. The Morgan fingerprint density at radius 1 is 0.576 bits per heavy atom. The van der Waals surface area contributed by atoms with Crippen LogP contribution in [-0.4, -0.2) is 0 Å². The summed E-state index contributed by atoms with van der Waals surface area (Å²) in [5.74, 6) is 0. The molecule has 0 unspecified atom stereocenters. The van der Waals surface area contributed by atoms with Gasteiger partial charge in [-0.3, -0.25) is 0 Å². The molecule has 0 aliphatic heterocycles. The van der Waals surface area contributed by atoms with Crippen molar-refractivity contribution in [2.24, 2.45) is 0 Å². The number of hydrogen-bond acceptors (Lipinski definition) is 1. The Kier molecular flexibility index (Phi) is 9.69. The summed E-state index contributed by atoms with van der Waals surface area (Å²) in [4.78, 5) is 0. The van der Waals surface area contributed by atoms with Crippen LogP contribution in [0, 0.1) is 11.3 Å². The van der Waals surface area contributed by atoms with Gasteiger partial charge in [0.05, 0.1) is 17.8 Å². The van der Waals surface area contributed by atoms with Crippen molar-refractivity contribution in [1.29, 1.82) is 5.26 Å². The van der Waals surface area contributed by atoms with Gasteiger partial charge < -0.3 is 0 Å². The summed E-state index contributed by atoms with van der Waals surface area (Å²) in [7, 11) is 15.3. The van der Waals surface area contributed by atoms with Crippen molar-refractivity contribution in [3.8, 4) is 6.07 Å². The van der Waals surface area contributed by atoms with Crippen LogP contribution in [-0.2, 0) is 15.4 Å². The van der Waals surface area contributed by atoms with Crippen LogP contribution in [0.3, 0.4) is 0 Å². The first-order valence-corrected chi connectivity index (χ1v) is 18.0. The fraction of sp³-hybridized carbons (Fsp3) is 0.0385. The topological polar surface area (TPSA) is 23.8 Å². The van der Waals surface area contributed by atoms with Crippen LogP contribution < -0.4 is 15.9 Å². The molecule has 0 N–H and O–H groups in total. The van der Waals surface area contributed by atoms with Crippen molar-refractivity contribution in [1.82, 2.24) is 0 Å². The molecule has 0 spiro atoms. The molecule has 4 aromatic rings. The van der Waals surface area contributed by atoms with Crippen molar-refractivity contribution in [3.63, 3.8) is 0 Å². The summed E-state index contributed by atoms with van der Waals surface area (Å²) < 4.78 is 0. The van der Waals surface area contributed by atoms with E-state index in [1.54, 1.807) is 0 Å². The molecule has 33 heavy (non-hydrogen) atoms. The van der Waals surface area contributed by atoms with Gasteiger partial charge in [-0.05, 0) is 54.1 Å². The van der Waals surface area contributed by atoms with Gasteiger partial charge in [0, 0.05) is 0 Å². The van der Waals surface area contributed by atoms with Gasteiger partial charge >= 0.3 is 49.6 Å². The number of nitrogens with zero attached hydrogens (tertiary/aromatic N) is 1. The van der Waals surface area contributed by atoms with Crippen molar-refractivity contribution in [2.75, 3.05) is 0 Å². The molecule has 1 nitrogen and oxygen atoms in total. The van der Waals surface area contributed by atoms with E-state index >= 15 is 0 Å². The molecular weight excluding hydrogens is 555 g/mol. The average molecular weight is 576 g/mol. The number of benzene rings is 4. The maximum atomic E-state index is 9.15. The van der Waals surface area contributed by atoms with E-state index in [1.165, 1.54) is 21.5 Å². The summed E-state index contributed by atoms with van der Waals surface area (Å²) in [5.41, 5.74) is 1.95. The minimum absolute atomic E-state index is 0.701. The van der Waals surface area contributed by atoms with Gasteiger partial charge in [-0.25, -0.2) is 0 Å². The van der Waals surface area contributed by atoms with Gasteiger partial charge in [0.25, 0.3) is 0 Å². The Balaban J connectivity index is 0.000000555. The molecule has 4 aromatic carbocycles. The summed E-state index contributed by atoms with van der Waals surface area (Å²) in [5, 5.41) is 13.3. The number of nitriles is 1. The predicted molar refractivity (Wildman–Crippen MR) is 143 cm³/mol. The van der Waals surface area contributed by atoms with Crippen LogP contribution in [0.1, 0.15) is 11.1 Å². The average Bonchev–Trinajstić information content (AvgIpc) is 2.83. The van der Waals surface area contributed by atoms with Crippen molar-refractivity contribution >= 4 is 63.6 Å². The predicted octanol–water partition coefficient (Wildman–Crippen LogP) is 7.81. The van der Waals surface area contributed by atoms with E-state index in [0.29, 0.717) is 5.56 Å². The molecule has 0 aromatic heterocycles. The fourth-order valence-electron chi connectivity index (χ4n) is 3.73. The van der Waals surface area contributed by atoms with Crippen molar-refractivity contribution in [2.45, 2.75) is 6.16 Å². The van der Waals surface area contributed by atoms with Crippen LogP contribution in [0.4, 0.5) is 0 Å². The van der Waals surface area contributed by atoms with Gasteiger partial charge in [-0.2, -0.15) is 5.26 Å². The van der Waals surface area contributed by atoms with E-state index in [2.05, 4.69) is 109 Å². The summed E-state index contributed by atoms with van der Waals surface area (Å²) >= 11 is 0. The zero-order valence-corrected chi connectivity index (χ0v) is 22.5. The normalized spacial score (nSPS) is 11.6. The molecule has 0 aliphatic carbocycles. The maximum absolute atomic E-state index is 9.15. The Morgan fingerprint density at radius 3 is 1.21 bits per heavy atom. The second-order valence-corrected chi connectivity index (χ2v) is 21.5. The van der Waals surface area contributed by atoms with E-state index in [4.69, 9.17) is 45.7 Å². The Hall–Kier alpha value is -1.52. The summed E-state index contributed by atoms with van der Waals surface area (Å²) in [6, 6.07) is 42.9.